The maximum atomic E-state index is 6.69. The fourth-order valence-corrected chi connectivity index (χ4v) is 10.7. The topological polar surface area (TPSA) is 86.5 Å². The molecule has 0 fully saturated rings. The zero-order valence-electron chi connectivity index (χ0n) is 38.1. The highest BCUT2D eigenvalue weighted by molar-refractivity contribution is 6.24. The first-order chi connectivity index (χ1) is 35.1. The molecule has 15 rings (SSSR count). The van der Waals surface area contributed by atoms with Crippen molar-refractivity contribution < 1.29 is 17.7 Å². The normalized spacial score (nSPS) is 12.0. The Kier molecular flexibility index (Phi) is 8.41. The number of aromatic nitrogens is 3. The smallest absolute Gasteiger partial charge is 0.227 e. The van der Waals surface area contributed by atoms with Gasteiger partial charge < -0.3 is 27.1 Å². The minimum absolute atomic E-state index is 0.529. The van der Waals surface area contributed by atoms with E-state index < -0.39 is 0 Å². The molecule has 5 aromatic heterocycles. The number of benzene rings is 10. The van der Waals surface area contributed by atoms with E-state index in [-0.39, 0.29) is 0 Å². The van der Waals surface area contributed by atoms with Crippen LogP contribution in [0.2, 0.25) is 0 Å². The molecule has 8 nitrogen and oxygen atoms in total. The van der Waals surface area contributed by atoms with Gasteiger partial charge in [0.15, 0.2) is 11.2 Å². The van der Waals surface area contributed by atoms with Crippen molar-refractivity contribution in [1.29, 1.82) is 0 Å². The number of rotatable bonds is 7. The van der Waals surface area contributed by atoms with Crippen LogP contribution in [-0.2, 0) is 0 Å². The lowest BCUT2D eigenvalue weighted by atomic mass is 10.0. The van der Waals surface area contributed by atoms with Crippen LogP contribution in [0, 0.1) is 6.92 Å². The third kappa shape index (κ3) is 5.98. The summed E-state index contributed by atoms with van der Waals surface area (Å²) in [4.78, 5) is 12.3. The molecule has 0 spiro atoms. The van der Waals surface area contributed by atoms with Crippen molar-refractivity contribution in [1.82, 2.24) is 14.5 Å². The van der Waals surface area contributed by atoms with Gasteiger partial charge in [0, 0.05) is 71.8 Å². The Morgan fingerprint density at radius 2 is 0.915 bits per heavy atom. The molecular formula is C63H38N4O4. The molecule has 0 aliphatic carbocycles. The zero-order chi connectivity index (χ0) is 46.7. The summed E-state index contributed by atoms with van der Waals surface area (Å²) in [5.74, 6) is 1.06. The van der Waals surface area contributed by atoms with E-state index >= 15 is 0 Å². The van der Waals surface area contributed by atoms with Crippen LogP contribution in [0.25, 0.3) is 128 Å². The first-order valence-electron chi connectivity index (χ1n) is 23.7. The zero-order valence-corrected chi connectivity index (χ0v) is 38.1. The number of anilines is 3. The van der Waals surface area contributed by atoms with Crippen molar-refractivity contribution in [2.24, 2.45) is 0 Å². The van der Waals surface area contributed by atoms with Gasteiger partial charge in [-0.3, -0.25) is 0 Å². The van der Waals surface area contributed by atoms with Gasteiger partial charge in [-0.15, -0.1) is 0 Å². The summed E-state index contributed by atoms with van der Waals surface area (Å²) in [5.41, 5.74) is 17.2. The van der Waals surface area contributed by atoms with E-state index in [1.807, 2.05) is 54.6 Å². The molecular weight excluding hydrogens is 877 g/mol. The van der Waals surface area contributed by atoms with Crippen LogP contribution < -0.4 is 4.90 Å². The van der Waals surface area contributed by atoms with Crippen LogP contribution in [0.1, 0.15) is 5.56 Å². The number of aryl methyl sites for hydroxylation is 1. The number of hydrogen-bond donors (Lipinski definition) is 0. The van der Waals surface area contributed by atoms with Gasteiger partial charge in [-0.2, -0.15) is 0 Å². The van der Waals surface area contributed by atoms with Crippen molar-refractivity contribution >= 4 is 105 Å². The van der Waals surface area contributed by atoms with Crippen molar-refractivity contribution in [2.45, 2.75) is 6.92 Å². The lowest BCUT2D eigenvalue weighted by molar-refractivity contribution is 0.616. The molecule has 0 saturated heterocycles. The van der Waals surface area contributed by atoms with Crippen molar-refractivity contribution in [3.05, 3.63) is 218 Å². The first kappa shape index (κ1) is 39.3. The Balaban J connectivity index is 0.765. The number of furan rings is 2. The quantitative estimate of drug-likeness (QED) is 0.157. The molecule has 0 aliphatic rings. The summed E-state index contributed by atoms with van der Waals surface area (Å²) < 4.78 is 28.6. The largest absolute Gasteiger partial charge is 0.456 e. The second-order valence-corrected chi connectivity index (χ2v) is 18.1. The highest BCUT2D eigenvalue weighted by Gasteiger charge is 2.23. The lowest BCUT2D eigenvalue weighted by Gasteiger charge is -2.27. The van der Waals surface area contributed by atoms with Crippen LogP contribution in [0.3, 0.4) is 0 Å². The standard InChI is InChI=1S/C63H38N4O4/c1-37-52(35-33-47-43-15-6-9-23-55(43)68-58(37)47)66(40-13-3-2-4-14-40)41-29-25-38(26-30-41)62-64-50-20-11-18-45(59(50)70-62)46-19-12-21-51-60(46)71-63(65-51)39-27-31-42(32-28-39)67-53-22-8-5-17-49(53)57-54(67)36-34-48-44-16-7-10-24-56(44)69-61(48)57/h2-36H,1H3. The molecule has 15 aromatic rings. The maximum absolute atomic E-state index is 6.69. The lowest BCUT2D eigenvalue weighted by Crippen LogP contribution is -2.11. The Morgan fingerprint density at radius 1 is 0.380 bits per heavy atom. The molecule has 334 valence electrons. The van der Waals surface area contributed by atoms with E-state index in [9.17, 15) is 0 Å². The Bertz CT molecular complexity index is 4590. The average Bonchev–Trinajstić information content (AvgIpc) is 4.27. The fraction of sp³-hybridized carbons (Fsp3) is 0.0159. The summed E-state index contributed by atoms with van der Waals surface area (Å²) in [6.45, 7) is 2.13. The van der Waals surface area contributed by atoms with Gasteiger partial charge in [0.1, 0.15) is 33.4 Å². The van der Waals surface area contributed by atoms with Crippen LogP contribution in [0.4, 0.5) is 17.1 Å². The molecule has 71 heavy (non-hydrogen) atoms. The summed E-state index contributed by atoms with van der Waals surface area (Å²) in [6, 6.07) is 73.0. The molecule has 0 saturated carbocycles. The van der Waals surface area contributed by atoms with Gasteiger partial charge in [0.05, 0.1) is 22.1 Å². The molecule has 5 heterocycles. The second kappa shape index (κ2) is 15.2. The molecule has 0 N–H and O–H groups in total. The molecule has 0 unspecified atom stereocenters. The second-order valence-electron chi connectivity index (χ2n) is 18.1. The SMILES string of the molecule is Cc1c(N(c2ccccc2)c2ccc(-c3nc4cccc(-c5cccc6nc(-c7ccc(-n8c9ccccc9c9c%10oc%11ccccc%11c%10ccc98)cc7)oc56)c4o3)cc2)ccc2c1oc1ccccc12. The van der Waals surface area contributed by atoms with Crippen molar-refractivity contribution in [2.75, 3.05) is 4.90 Å². The highest BCUT2D eigenvalue weighted by Crippen LogP contribution is 2.44. The summed E-state index contributed by atoms with van der Waals surface area (Å²) >= 11 is 0. The van der Waals surface area contributed by atoms with E-state index in [2.05, 4.69) is 174 Å². The summed E-state index contributed by atoms with van der Waals surface area (Å²) in [5, 5.41) is 6.70. The number of fused-ring (bicyclic) bond motifs is 12. The highest BCUT2D eigenvalue weighted by atomic mass is 16.4. The first-order valence-corrected chi connectivity index (χ1v) is 23.7. The van der Waals surface area contributed by atoms with E-state index in [4.69, 9.17) is 27.6 Å². The Labute approximate surface area is 404 Å². The summed E-state index contributed by atoms with van der Waals surface area (Å²) in [6.07, 6.45) is 0. The minimum atomic E-state index is 0.529. The third-order valence-electron chi connectivity index (χ3n) is 14.1. The fourth-order valence-electron chi connectivity index (χ4n) is 10.7. The van der Waals surface area contributed by atoms with Crippen molar-refractivity contribution in [3.63, 3.8) is 0 Å². The van der Waals surface area contributed by atoms with Crippen LogP contribution in [-0.4, -0.2) is 14.5 Å². The molecule has 0 aliphatic heterocycles. The Morgan fingerprint density at radius 3 is 1.58 bits per heavy atom. The number of oxazole rings is 2. The molecule has 0 radical (unpaired) electrons. The van der Waals surface area contributed by atoms with Gasteiger partial charge >= 0.3 is 0 Å². The van der Waals surface area contributed by atoms with Crippen LogP contribution in [0.15, 0.2) is 230 Å². The monoisotopic (exact) mass is 914 g/mol. The van der Waals surface area contributed by atoms with Gasteiger partial charge in [-0.05, 0) is 122 Å². The number of hydrogen-bond acceptors (Lipinski definition) is 7. The average molecular weight is 915 g/mol. The van der Waals surface area contributed by atoms with E-state index in [0.29, 0.717) is 22.9 Å². The van der Waals surface area contributed by atoms with Gasteiger partial charge in [-0.25, -0.2) is 9.97 Å². The number of para-hydroxylation sites is 6. The third-order valence-corrected chi connectivity index (χ3v) is 14.1. The minimum Gasteiger partial charge on any atom is -0.456 e. The predicted octanol–water partition coefficient (Wildman–Crippen LogP) is 17.6. The van der Waals surface area contributed by atoms with Gasteiger partial charge in [0.25, 0.3) is 0 Å². The Hall–Kier alpha value is -9.66. The van der Waals surface area contributed by atoms with E-state index in [0.717, 1.165) is 127 Å². The van der Waals surface area contributed by atoms with Crippen molar-refractivity contribution in [3.8, 4) is 39.7 Å². The summed E-state index contributed by atoms with van der Waals surface area (Å²) in [7, 11) is 0. The van der Waals surface area contributed by atoms with Crippen LogP contribution in [0.5, 0.6) is 0 Å². The van der Waals surface area contributed by atoms with Gasteiger partial charge in [0.2, 0.25) is 11.8 Å². The predicted molar refractivity (Wildman–Crippen MR) is 286 cm³/mol. The van der Waals surface area contributed by atoms with Gasteiger partial charge in [-0.1, -0.05) is 97.1 Å². The van der Waals surface area contributed by atoms with E-state index in [1.165, 1.54) is 0 Å². The molecule has 8 heteroatoms. The molecule has 0 atom stereocenters. The maximum Gasteiger partial charge on any atom is 0.227 e. The van der Waals surface area contributed by atoms with E-state index in [1.54, 1.807) is 0 Å². The number of nitrogens with zero attached hydrogens (tertiary/aromatic N) is 4. The molecule has 0 bridgehead atoms. The molecule has 10 aromatic carbocycles. The molecule has 0 amide bonds. The van der Waals surface area contributed by atoms with Crippen LogP contribution >= 0.6 is 0 Å².